The van der Waals surface area contributed by atoms with Crippen LogP contribution in [0.5, 0.6) is 0 Å². The summed E-state index contributed by atoms with van der Waals surface area (Å²) in [6.07, 6.45) is 0.561. The van der Waals surface area contributed by atoms with Crippen LogP contribution in [-0.4, -0.2) is 26.9 Å². The molecule has 0 atom stereocenters. The van der Waals surface area contributed by atoms with E-state index in [1.165, 1.54) is 24.3 Å². The topological polar surface area (TPSA) is 75.3 Å². The first kappa shape index (κ1) is 19.4. The van der Waals surface area contributed by atoms with E-state index in [0.717, 1.165) is 5.56 Å². The summed E-state index contributed by atoms with van der Waals surface area (Å²) in [4.78, 5) is 12.0. The molecule has 0 unspecified atom stereocenters. The average Bonchev–Trinajstić information content (AvgIpc) is 2.56. The Kier molecular flexibility index (Phi) is 6.58. The van der Waals surface area contributed by atoms with Crippen LogP contribution in [0.2, 0.25) is 5.02 Å². The maximum absolute atomic E-state index is 12.3. The van der Waals surface area contributed by atoms with E-state index in [2.05, 4.69) is 10.0 Å². The molecule has 0 spiro atoms. The molecule has 0 heterocycles. The van der Waals surface area contributed by atoms with Crippen molar-refractivity contribution in [3.05, 3.63) is 64.7 Å². The predicted molar refractivity (Wildman–Crippen MR) is 99.4 cm³/mol. The SMILES string of the molecule is CC(C)NC(=O)c1ccc(S(=O)(=O)NCCc2ccc(Cl)cc2)cc1. The lowest BCUT2D eigenvalue weighted by atomic mass is 10.2. The molecule has 0 bridgehead atoms. The van der Waals surface area contributed by atoms with Gasteiger partial charge in [-0.05, 0) is 62.2 Å². The normalized spacial score (nSPS) is 11.5. The third-order valence-electron chi connectivity index (χ3n) is 3.47. The fourth-order valence-electron chi connectivity index (χ4n) is 2.20. The molecule has 0 aliphatic carbocycles. The van der Waals surface area contributed by atoms with Crippen molar-refractivity contribution in [2.75, 3.05) is 6.54 Å². The Bertz CT molecular complexity index is 816. The van der Waals surface area contributed by atoms with Gasteiger partial charge in [-0.3, -0.25) is 4.79 Å². The van der Waals surface area contributed by atoms with E-state index in [4.69, 9.17) is 11.6 Å². The molecule has 2 aromatic rings. The Labute approximate surface area is 153 Å². The van der Waals surface area contributed by atoms with Crippen molar-refractivity contribution < 1.29 is 13.2 Å². The second-order valence-corrected chi connectivity index (χ2v) is 8.13. The molecule has 1 amide bonds. The molecule has 0 aromatic heterocycles. The molecule has 0 saturated heterocycles. The third kappa shape index (κ3) is 5.85. The molecule has 5 nitrogen and oxygen atoms in total. The van der Waals surface area contributed by atoms with Gasteiger partial charge in [-0.1, -0.05) is 23.7 Å². The predicted octanol–water partition coefficient (Wildman–Crippen LogP) is 3.00. The molecule has 0 fully saturated rings. The molecule has 134 valence electrons. The standard InChI is InChI=1S/C18H21ClN2O3S/c1-13(2)21-18(22)15-5-9-17(10-6-15)25(23,24)20-12-11-14-3-7-16(19)8-4-14/h3-10,13,20H,11-12H2,1-2H3,(H,21,22). The summed E-state index contributed by atoms with van der Waals surface area (Å²) in [6, 6.07) is 13.2. The molecule has 2 N–H and O–H groups in total. The number of hydrogen-bond acceptors (Lipinski definition) is 3. The number of nitrogens with one attached hydrogen (secondary N) is 2. The highest BCUT2D eigenvalue weighted by molar-refractivity contribution is 7.89. The highest BCUT2D eigenvalue weighted by Crippen LogP contribution is 2.12. The molecular formula is C18H21ClN2O3S. The van der Waals surface area contributed by atoms with E-state index in [0.29, 0.717) is 17.0 Å². The van der Waals surface area contributed by atoms with Gasteiger partial charge in [0.15, 0.2) is 0 Å². The minimum Gasteiger partial charge on any atom is -0.350 e. The van der Waals surface area contributed by atoms with Gasteiger partial charge < -0.3 is 5.32 Å². The highest BCUT2D eigenvalue weighted by Gasteiger charge is 2.14. The summed E-state index contributed by atoms with van der Waals surface area (Å²) in [5.41, 5.74) is 1.42. The third-order valence-corrected chi connectivity index (χ3v) is 5.19. The van der Waals surface area contributed by atoms with Crippen molar-refractivity contribution in [3.8, 4) is 0 Å². The van der Waals surface area contributed by atoms with E-state index < -0.39 is 10.0 Å². The van der Waals surface area contributed by atoms with Crippen LogP contribution in [0.15, 0.2) is 53.4 Å². The zero-order valence-corrected chi connectivity index (χ0v) is 15.7. The molecule has 0 radical (unpaired) electrons. The van der Waals surface area contributed by atoms with Crippen molar-refractivity contribution in [3.63, 3.8) is 0 Å². The van der Waals surface area contributed by atoms with Gasteiger partial charge in [0.2, 0.25) is 10.0 Å². The van der Waals surface area contributed by atoms with Crippen molar-refractivity contribution in [2.45, 2.75) is 31.2 Å². The lowest BCUT2D eigenvalue weighted by molar-refractivity contribution is 0.0943. The minimum absolute atomic E-state index is 0.0189. The van der Waals surface area contributed by atoms with Crippen LogP contribution in [0.1, 0.15) is 29.8 Å². The van der Waals surface area contributed by atoms with Crippen LogP contribution in [0.3, 0.4) is 0 Å². The van der Waals surface area contributed by atoms with Crippen molar-refractivity contribution in [1.29, 1.82) is 0 Å². The van der Waals surface area contributed by atoms with E-state index in [1.54, 1.807) is 12.1 Å². The van der Waals surface area contributed by atoms with Gasteiger partial charge in [-0.15, -0.1) is 0 Å². The second kappa shape index (κ2) is 8.47. The zero-order chi connectivity index (χ0) is 18.4. The maximum atomic E-state index is 12.3. The van der Waals surface area contributed by atoms with Crippen molar-refractivity contribution in [1.82, 2.24) is 10.0 Å². The number of carbonyl (C=O) groups is 1. The van der Waals surface area contributed by atoms with Crippen LogP contribution in [-0.2, 0) is 16.4 Å². The van der Waals surface area contributed by atoms with Crippen molar-refractivity contribution >= 4 is 27.5 Å². The Morgan fingerprint density at radius 3 is 2.20 bits per heavy atom. The number of rotatable bonds is 7. The number of amides is 1. The number of sulfonamides is 1. The van der Waals surface area contributed by atoms with E-state index in [-0.39, 0.29) is 23.4 Å². The zero-order valence-electron chi connectivity index (χ0n) is 14.1. The molecule has 0 aliphatic rings. The summed E-state index contributed by atoms with van der Waals surface area (Å²) < 4.78 is 27.2. The Morgan fingerprint density at radius 1 is 1.04 bits per heavy atom. The van der Waals surface area contributed by atoms with Gasteiger partial charge >= 0.3 is 0 Å². The van der Waals surface area contributed by atoms with Crippen LogP contribution in [0.25, 0.3) is 0 Å². The first-order valence-electron chi connectivity index (χ1n) is 7.93. The fraction of sp³-hybridized carbons (Fsp3) is 0.278. The summed E-state index contributed by atoms with van der Waals surface area (Å²) in [5.74, 6) is -0.227. The van der Waals surface area contributed by atoms with E-state index >= 15 is 0 Å². The van der Waals surface area contributed by atoms with Crippen LogP contribution >= 0.6 is 11.6 Å². The first-order valence-corrected chi connectivity index (χ1v) is 9.79. The van der Waals surface area contributed by atoms with Gasteiger partial charge in [0.25, 0.3) is 5.91 Å². The Hall–Kier alpha value is -1.89. The molecule has 0 aliphatic heterocycles. The summed E-state index contributed by atoms with van der Waals surface area (Å²) in [6.45, 7) is 4.00. The summed E-state index contributed by atoms with van der Waals surface area (Å²) in [5, 5.41) is 3.40. The fourth-order valence-corrected chi connectivity index (χ4v) is 3.35. The quantitative estimate of drug-likeness (QED) is 0.775. The Morgan fingerprint density at radius 2 is 1.64 bits per heavy atom. The lowest BCUT2D eigenvalue weighted by Gasteiger charge is -2.10. The van der Waals surface area contributed by atoms with Gasteiger partial charge in [-0.2, -0.15) is 0 Å². The molecule has 2 rings (SSSR count). The highest BCUT2D eigenvalue weighted by atomic mass is 35.5. The summed E-state index contributed by atoms with van der Waals surface area (Å²) >= 11 is 5.82. The number of hydrogen-bond donors (Lipinski definition) is 2. The van der Waals surface area contributed by atoms with Crippen LogP contribution in [0, 0.1) is 0 Å². The monoisotopic (exact) mass is 380 g/mol. The number of benzene rings is 2. The van der Waals surface area contributed by atoms with E-state index in [9.17, 15) is 13.2 Å². The molecular weight excluding hydrogens is 360 g/mol. The van der Waals surface area contributed by atoms with Crippen LogP contribution < -0.4 is 10.0 Å². The van der Waals surface area contributed by atoms with Gasteiger partial charge in [-0.25, -0.2) is 13.1 Å². The first-order chi connectivity index (χ1) is 11.8. The van der Waals surface area contributed by atoms with Gasteiger partial charge in [0, 0.05) is 23.2 Å². The summed E-state index contributed by atoms with van der Waals surface area (Å²) in [7, 11) is -3.61. The largest absolute Gasteiger partial charge is 0.350 e. The number of halogens is 1. The van der Waals surface area contributed by atoms with Crippen molar-refractivity contribution in [2.24, 2.45) is 0 Å². The Balaban J connectivity index is 1.96. The molecule has 2 aromatic carbocycles. The molecule has 0 saturated carbocycles. The number of carbonyl (C=O) groups excluding carboxylic acids is 1. The van der Waals surface area contributed by atoms with Gasteiger partial charge in [0.1, 0.15) is 0 Å². The smallest absolute Gasteiger partial charge is 0.251 e. The van der Waals surface area contributed by atoms with Gasteiger partial charge in [0.05, 0.1) is 4.90 Å². The minimum atomic E-state index is -3.61. The molecule has 7 heteroatoms. The average molecular weight is 381 g/mol. The maximum Gasteiger partial charge on any atom is 0.251 e. The van der Waals surface area contributed by atoms with Crippen LogP contribution in [0.4, 0.5) is 0 Å². The van der Waals surface area contributed by atoms with E-state index in [1.807, 2.05) is 26.0 Å². The lowest BCUT2D eigenvalue weighted by Crippen LogP contribution is -2.30. The molecule has 25 heavy (non-hydrogen) atoms. The second-order valence-electron chi connectivity index (χ2n) is 5.93.